The fraction of sp³-hybridized carbons (Fsp3) is 0.778. The summed E-state index contributed by atoms with van der Waals surface area (Å²) in [4.78, 5) is 2.33. The predicted octanol–water partition coefficient (Wildman–Crippen LogP) is 0.787. The highest BCUT2D eigenvalue weighted by Gasteiger charge is 2.21. The Bertz CT molecular complexity index is 161. The van der Waals surface area contributed by atoms with Crippen molar-refractivity contribution in [2.75, 3.05) is 32.0 Å². The number of aliphatic hydroxyl groups excluding tert-OH is 1. The maximum atomic E-state index is 8.91. The summed E-state index contributed by atoms with van der Waals surface area (Å²) in [7, 11) is 0. The molecule has 12 heavy (non-hydrogen) atoms. The Hall–Kier alpha value is 0.01000. The second-order valence-electron chi connectivity index (χ2n) is 3.48. The van der Waals surface area contributed by atoms with Gasteiger partial charge in [0.25, 0.3) is 0 Å². The van der Waals surface area contributed by atoms with Crippen LogP contribution in [-0.4, -0.2) is 42.0 Å². The van der Waals surface area contributed by atoms with E-state index in [1.54, 1.807) is 0 Å². The molecule has 0 amide bonds. The highest BCUT2D eigenvalue weighted by molar-refractivity contribution is 7.80. The van der Waals surface area contributed by atoms with E-state index in [0.29, 0.717) is 12.5 Å². The third-order valence-corrected chi connectivity index (χ3v) is 2.75. The Balaban J connectivity index is 2.23. The molecule has 70 valence electrons. The van der Waals surface area contributed by atoms with Gasteiger partial charge in [0, 0.05) is 25.4 Å². The standard InChI is InChI=1S/C9H17NOS/c1-8(7-12)4-10-3-2-9(5-10)6-11/h9,11-12H,1-7H2. The molecule has 0 aromatic rings. The third kappa shape index (κ3) is 2.81. The van der Waals surface area contributed by atoms with E-state index in [4.69, 9.17) is 5.11 Å². The van der Waals surface area contributed by atoms with Gasteiger partial charge in [0.05, 0.1) is 0 Å². The number of aliphatic hydroxyl groups is 1. The zero-order valence-corrected chi connectivity index (χ0v) is 8.26. The van der Waals surface area contributed by atoms with Gasteiger partial charge in [-0.05, 0) is 18.9 Å². The van der Waals surface area contributed by atoms with E-state index < -0.39 is 0 Å². The number of hydrogen-bond acceptors (Lipinski definition) is 3. The van der Waals surface area contributed by atoms with Crippen molar-refractivity contribution in [2.24, 2.45) is 5.92 Å². The highest BCUT2D eigenvalue weighted by atomic mass is 32.1. The molecule has 0 spiro atoms. The Morgan fingerprint density at radius 2 is 2.42 bits per heavy atom. The van der Waals surface area contributed by atoms with Crippen LogP contribution in [0.5, 0.6) is 0 Å². The van der Waals surface area contributed by atoms with Gasteiger partial charge >= 0.3 is 0 Å². The molecule has 1 fully saturated rings. The summed E-state index contributed by atoms with van der Waals surface area (Å²) in [6.45, 7) is 7.29. The van der Waals surface area contributed by atoms with Crippen LogP contribution in [0, 0.1) is 5.92 Å². The van der Waals surface area contributed by atoms with Gasteiger partial charge in [0.15, 0.2) is 0 Å². The molecule has 1 heterocycles. The molecule has 1 aliphatic rings. The molecule has 0 bridgehead atoms. The molecule has 0 aromatic carbocycles. The van der Waals surface area contributed by atoms with Crippen LogP contribution >= 0.6 is 12.6 Å². The minimum absolute atomic E-state index is 0.323. The summed E-state index contributed by atoms with van der Waals surface area (Å²) in [5, 5.41) is 8.91. The summed E-state index contributed by atoms with van der Waals surface area (Å²) in [6.07, 6.45) is 1.12. The van der Waals surface area contributed by atoms with E-state index in [1.165, 1.54) is 0 Å². The predicted molar refractivity (Wildman–Crippen MR) is 54.6 cm³/mol. The van der Waals surface area contributed by atoms with Gasteiger partial charge in [0.2, 0.25) is 0 Å². The second kappa shape index (κ2) is 4.90. The van der Waals surface area contributed by atoms with Crippen molar-refractivity contribution < 1.29 is 5.11 Å². The van der Waals surface area contributed by atoms with Crippen LogP contribution in [0.15, 0.2) is 12.2 Å². The van der Waals surface area contributed by atoms with Crippen LogP contribution in [-0.2, 0) is 0 Å². The molecule has 0 saturated carbocycles. The Morgan fingerprint density at radius 3 is 2.92 bits per heavy atom. The van der Waals surface area contributed by atoms with Crippen LogP contribution in [0.3, 0.4) is 0 Å². The molecule has 0 aliphatic carbocycles. The molecular formula is C9H17NOS. The fourth-order valence-corrected chi connectivity index (χ4v) is 1.67. The molecule has 0 radical (unpaired) electrons. The number of nitrogens with zero attached hydrogens (tertiary/aromatic N) is 1. The van der Waals surface area contributed by atoms with Crippen LogP contribution < -0.4 is 0 Å². The minimum Gasteiger partial charge on any atom is -0.396 e. The first-order valence-corrected chi connectivity index (χ1v) is 5.00. The molecule has 1 atom stereocenters. The summed E-state index contributed by atoms with van der Waals surface area (Å²) >= 11 is 4.16. The Labute approximate surface area is 79.7 Å². The lowest BCUT2D eigenvalue weighted by molar-refractivity contribution is 0.224. The Kier molecular flexibility index (Phi) is 4.12. The Morgan fingerprint density at radius 1 is 1.67 bits per heavy atom. The minimum atomic E-state index is 0.323. The van der Waals surface area contributed by atoms with Gasteiger partial charge in [-0.1, -0.05) is 12.2 Å². The van der Waals surface area contributed by atoms with E-state index in [1.807, 2.05) is 0 Å². The van der Waals surface area contributed by atoms with Crippen molar-refractivity contribution >= 4 is 12.6 Å². The van der Waals surface area contributed by atoms with E-state index in [-0.39, 0.29) is 0 Å². The van der Waals surface area contributed by atoms with E-state index >= 15 is 0 Å². The monoisotopic (exact) mass is 187 g/mol. The van der Waals surface area contributed by atoms with Crippen molar-refractivity contribution in [2.45, 2.75) is 6.42 Å². The summed E-state index contributed by atoms with van der Waals surface area (Å²) in [6, 6.07) is 0. The van der Waals surface area contributed by atoms with Crippen LogP contribution in [0.1, 0.15) is 6.42 Å². The first-order valence-electron chi connectivity index (χ1n) is 4.37. The van der Waals surface area contributed by atoms with E-state index in [2.05, 4.69) is 24.1 Å². The number of hydrogen-bond donors (Lipinski definition) is 2. The molecule has 3 heteroatoms. The van der Waals surface area contributed by atoms with Gasteiger partial charge in [-0.25, -0.2) is 0 Å². The molecular weight excluding hydrogens is 170 g/mol. The lowest BCUT2D eigenvalue weighted by Gasteiger charge is -2.15. The fourth-order valence-electron chi connectivity index (χ4n) is 1.57. The summed E-state index contributed by atoms with van der Waals surface area (Å²) < 4.78 is 0. The molecule has 1 saturated heterocycles. The normalized spacial score (nSPS) is 24.7. The first-order chi connectivity index (χ1) is 5.76. The van der Waals surface area contributed by atoms with Gasteiger partial charge in [-0.2, -0.15) is 12.6 Å². The molecule has 0 aromatic heterocycles. The maximum absolute atomic E-state index is 8.91. The van der Waals surface area contributed by atoms with E-state index in [0.717, 1.165) is 37.4 Å². The SMILES string of the molecule is C=C(CS)CN1CCC(CO)C1. The van der Waals surface area contributed by atoms with Crippen LogP contribution in [0.25, 0.3) is 0 Å². The van der Waals surface area contributed by atoms with Gasteiger partial charge in [-0.15, -0.1) is 0 Å². The average molecular weight is 187 g/mol. The van der Waals surface area contributed by atoms with Crippen molar-refractivity contribution in [3.63, 3.8) is 0 Å². The largest absolute Gasteiger partial charge is 0.396 e. The molecule has 2 nitrogen and oxygen atoms in total. The first kappa shape index (κ1) is 10.1. The third-order valence-electron chi connectivity index (χ3n) is 2.30. The lowest BCUT2D eigenvalue weighted by Crippen LogP contribution is -2.24. The molecule has 1 aliphatic heterocycles. The summed E-state index contributed by atoms with van der Waals surface area (Å²) in [5.74, 6) is 1.25. The zero-order chi connectivity index (χ0) is 8.97. The van der Waals surface area contributed by atoms with Crippen molar-refractivity contribution in [3.05, 3.63) is 12.2 Å². The lowest BCUT2D eigenvalue weighted by atomic mass is 10.1. The number of rotatable bonds is 4. The maximum Gasteiger partial charge on any atom is 0.0471 e. The average Bonchev–Trinajstić information content (AvgIpc) is 2.52. The van der Waals surface area contributed by atoms with Gasteiger partial charge in [-0.3, -0.25) is 4.90 Å². The number of thiol groups is 1. The zero-order valence-electron chi connectivity index (χ0n) is 7.37. The van der Waals surface area contributed by atoms with Crippen molar-refractivity contribution in [1.29, 1.82) is 0 Å². The van der Waals surface area contributed by atoms with Gasteiger partial charge in [0.1, 0.15) is 0 Å². The van der Waals surface area contributed by atoms with Crippen molar-refractivity contribution in [1.82, 2.24) is 4.90 Å². The molecule has 1 rings (SSSR count). The van der Waals surface area contributed by atoms with Crippen molar-refractivity contribution in [3.8, 4) is 0 Å². The summed E-state index contributed by atoms with van der Waals surface area (Å²) in [5.41, 5.74) is 1.16. The quantitative estimate of drug-likeness (QED) is 0.502. The molecule has 1 unspecified atom stereocenters. The van der Waals surface area contributed by atoms with Gasteiger partial charge < -0.3 is 5.11 Å². The smallest absolute Gasteiger partial charge is 0.0471 e. The van der Waals surface area contributed by atoms with Crippen LogP contribution in [0.4, 0.5) is 0 Å². The number of likely N-dealkylation sites (tertiary alicyclic amines) is 1. The molecule has 1 N–H and O–H groups in total. The topological polar surface area (TPSA) is 23.5 Å². The van der Waals surface area contributed by atoms with E-state index in [9.17, 15) is 0 Å². The highest BCUT2D eigenvalue weighted by Crippen LogP contribution is 2.16. The second-order valence-corrected chi connectivity index (χ2v) is 3.80. The van der Waals surface area contributed by atoms with Crippen LogP contribution in [0.2, 0.25) is 0 Å².